The van der Waals surface area contributed by atoms with Crippen molar-refractivity contribution in [2.45, 2.75) is 25.2 Å². The van der Waals surface area contributed by atoms with E-state index in [1.807, 2.05) is 18.2 Å². The van der Waals surface area contributed by atoms with Crippen molar-refractivity contribution in [2.75, 3.05) is 12.1 Å². The number of amides is 1. The molecule has 2 N–H and O–H groups in total. The number of nitrogens with zero attached hydrogens (tertiary/aromatic N) is 1. The Labute approximate surface area is 160 Å². The number of aromatic amines is 1. The predicted molar refractivity (Wildman–Crippen MR) is 101 cm³/mol. The van der Waals surface area contributed by atoms with Gasteiger partial charge in [-0.25, -0.2) is 4.39 Å². The largest absolute Gasteiger partial charge is 0.454 e. The molecule has 2 aromatic carbocycles. The second kappa shape index (κ2) is 6.67. The molecule has 1 aromatic heterocycles. The molecule has 28 heavy (non-hydrogen) atoms. The average Bonchev–Trinajstić information content (AvgIpc) is 3.28. The van der Waals surface area contributed by atoms with E-state index < -0.39 is 0 Å². The van der Waals surface area contributed by atoms with Crippen LogP contribution in [0.1, 0.15) is 30.0 Å². The summed E-state index contributed by atoms with van der Waals surface area (Å²) in [6.07, 6.45) is 2.31. The van der Waals surface area contributed by atoms with Crippen molar-refractivity contribution in [1.29, 1.82) is 0 Å². The van der Waals surface area contributed by atoms with Crippen LogP contribution in [-0.2, 0) is 11.2 Å². The Morgan fingerprint density at radius 1 is 1.14 bits per heavy atom. The summed E-state index contributed by atoms with van der Waals surface area (Å²) in [4.78, 5) is 12.6. The van der Waals surface area contributed by atoms with E-state index >= 15 is 0 Å². The van der Waals surface area contributed by atoms with Crippen LogP contribution in [0, 0.1) is 5.82 Å². The van der Waals surface area contributed by atoms with Crippen LogP contribution in [0.4, 0.5) is 10.1 Å². The van der Waals surface area contributed by atoms with Crippen LogP contribution >= 0.6 is 0 Å². The highest BCUT2D eigenvalue weighted by Gasteiger charge is 2.31. The molecule has 5 rings (SSSR count). The van der Waals surface area contributed by atoms with Gasteiger partial charge in [0.2, 0.25) is 12.7 Å². The number of fused-ring (bicyclic) bond motifs is 1. The van der Waals surface area contributed by atoms with Gasteiger partial charge in [0.05, 0.1) is 17.8 Å². The lowest BCUT2D eigenvalue weighted by molar-refractivity contribution is -0.115. The zero-order valence-electron chi connectivity index (χ0n) is 15.0. The van der Waals surface area contributed by atoms with Crippen molar-refractivity contribution in [3.8, 4) is 22.8 Å². The second-order valence-corrected chi connectivity index (χ2v) is 7.05. The summed E-state index contributed by atoms with van der Waals surface area (Å²) in [5.41, 5.74) is 3.91. The fourth-order valence-corrected chi connectivity index (χ4v) is 3.37. The summed E-state index contributed by atoms with van der Waals surface area (Å²) in [5.74, 6) is 1.26. The van der Waals surface area contributed by atoms with Crippen molar-refractivity contribution in [2.24, 2.45) is 0 Å². The van der Waals surface area contributed by atoms with Gasteiger partial charge >= 0.3 is 0 Å². The van der Waals surface area contributed by atoms with E-state index in [1.165, 1.54) is 12.1 Å². The Morgan fingerprint density at radius 3 is 2.71 bits per heavy atom. The maximum absolute atomic E-state index is 13.1. The Morgan fingerprint density at radius 2 is 1.93 bits per heavy atom. The number of anilines is 1. The zero-order chi connectivity index (χ0) is 19.1. The molecule has 0 radical (unpaired) electrons. The minimum Gasteiger partial charge on any atom is -0.454 e. The van der Waals surface area contributed by atoms with Crippen LogP contribution < -0.4 is 14.8 Å². The first-order valence-electron chi connectivity index (χ1n) is 9.20. The normalized spacial score (nSPS) is 14.9. The zero-order valence-corrected chi connectivity index (χ0v) is 15.0. The van der Waals surface area contributed by atoms with Crippen LogP contribution in [0.25, 0.3) is 11.3 Å². The van der Waals surface area contributed by atoms with Gasteiger partial charge in [0.15, 0.2) is 11.5 Å². The molecule has 1 fully saturated rings. The first-order valence-corrected chi connectivity index (χ1v) is 9.20. The smallest absolute Gasteiger partial charge is 0.231 e. The van der Waals surface area contributed by atoms with Crippen molar-refractivity contribution in [1.82, 2.24) is 10.2 Å². The van der Waals surface area contributed by atoms with Gasteiger partial charge in [-0.05, 0) is 48.7 Å². The van der Waals surface area contributed by atoms with Gasteiger partial charge in [-0.1, -0.05) is 12.1 Å². The molecular formula is C21H18FN3O3. The van der Waals surface area contributed by atoms with Crippen LogP contribution in [0.2, 0.25) is 0 Å². The highest BCUT2D eigenvalue weighted by molar-refractivity contribution is 5.97. The lowest BCUT2D eigenvalue weighted by Crippen LogP contribution is -2.15. The molecule has 7 heteroatoms. The van der Waals surface area contributed by atoms with Gasteiger partial charge in [-0.3, -0.25) is 9.89 Å². The molecule has 6 nitrogen and oxygen atoms in total. The number of H-pyrrole nitrogens is 1. The molecule has 0 unspecified atom stereocenters. The molecule has 1 aliphatic heterocycles. The number of nitrogens with one attached hydrogen (secondary N) is 2. The van der Waals surface area contributed by atoms with Gasteiger partial charge in [0.25, 0.3) is 0 Å². The second-order valence-electron chi connectivity index (χ2n) is 7.05. The van der Waals surface area contributed by atoms with Crippen LogP contribution in [0.15, 0.2) is 42.5 Å². The Hall–Kier alpha value is -3.35. The molecule has 0 saturated heterocycles. The van der Waals surface area contributed by atoms with Gasteiger partial charge in [0, 0.05) is 11.5 Å². The number of ether oxygens (including phenoxy) is 2. The summed E-state index contributed by atoms with van der Waals surface area (Å²) in [6.45, 7) is 0.202. The molecular weight excluding hydrogens is 361 g/mol. The third kappa shape index (κ3) is 3.19. The quantitative estimate of drug-likeness (QED) is 0.702. The molecule has 1 amide bonds. The van der Waals surface area contributed by atoms with Gasteiger partial charge in [-0.15, -0.1) is 0 Å². The molecule has 142 valence electrons. The number of benzene rings is 2. The SMILES string of the molecule is O=C(Cc1ccc(F)cc1)Nc1c(-c2ccc3c(c2)OCO3)n[nH]c1C1CC1. The summed E-state index contributed by atoms with van der Waals surface area (Å²) in [7, 11) is 0. The summed E-state index contributed by atoms with van der Waals surface area (Å²) in [6, 6.07) is 11.5. The minimum atomic E-state index is -0.319. The van der Waals surface area contributed by atoms with E-state index in [0.717, 1.165) is 29.7 Å². The fourth-order valence-electron chi connectivity index (χ4n) is 3.37. The van der Waals surface area contributed by atoms with Crippen LogP contribution in [-0.4, -0.2) is 22.9 Å². The van der Waals surface area contributed by atoms with E-state index in [1.54, 1.807) is 12.1 Å². The molecule has 2 heterocycles. The number of rotatable bonds is 5. The number of hydrogen-bond donors (Lipinski definition) is 2. The van der Waals surface area contributed by atoms with Crippen molar-refractivity contribution in [3.05, 3.63) is 59.5 Å². The molecule has 1 aliphatic carbocycles. The standard InChI is InChI=1S/C21H18FN3O3/c22-15-6-1-12(2-7-15)9-18(26)23-21-19(13-3-4-13)24-25-20(21)14-5-8-16-17(10-14)28-11-27-16/h1-2,5-8,10,13H,3-4,9,11H2,(H,23,26)(H,24,25). The third-order valence-corrected chi connectivity index (χ3v) is 4.97. The minimum absolute atomic E-state index is 0.163. The molecule has 1 saturated carbocycles. The first kappa shape index (κ1) is 16.8. The highest BCUT2D eigenvalue weighted by atomic mass is 19.1. The maximum Gasteiger partial charge on any atom is 0.231 e. The molecule has 2 aliphatic rings. The van der Waals surface area contributed by atoms with Crippen molar-refractivity contribution < 1.29 is 18.7 Å². The maximum atomic E-state index is 13.1. The summed E-state index contributed by atoms with van der Waals surface area (Å²) < 4.78 is 23.9. The number of carbonyl (C=O) groups excluding carboxylic acids is 1. The fraction of sp³-hybridized carbons (Fsp3) is 0.238. The van der Waals surface area contributed by atoms with Crippen LogP contribution in [0.5, 0.6) is 11.5 Å². The van der Waals surface area contributed by atoms with Gasteiger partial charge in [0.1, 0.15) is 11.5 Å². The topological polar surface area (TPSA) is 76.2 Å². The predicted octanol–water partition coefficient (Wildman–Crippen LogP) is 4.00. The molecule has 0 bridgehead atoms. The summed E-state index contributed by atoms with van der Waals surface area (Å²) >= 11 is 0. The Bertz CT molecular complexity index is 1040. The van der Waals surface area contributed by atoms with E-state index in [2.05, 4.69) is 15.5 Å². The van der Waals surface area contributed by atoms with Crippen LogP contribution in [0.3, 0.4) is 0 Å². The number of halogens is 1. The number of hydrogen-bond acceptors (Lipinski definition) is 4. The summed E-state index contributed by atoms with van der Waals surface area (Å²) in [5, 5.41) is 10.6. The highest BCUT2D eigenvalue weighted by Crippen LogP contribution is 2.46. The molecule has 3 aromatic rings. The third-order valence-electron chi connectivity index (χ3n) is 4.97. The first-order chi connectivity index (χ1) is 13.7. The monoisotopic (exact) mass is 379 g/mol. The van der Waals surface area contributed by atoms with Crippen molar-refractivity contribution in [3.63, 3.8) is 0 Å². The lowest BCUT2D eigenvalue weighted by atomic mass is 10.1. The lowest BCUT2D eigenvalue weighted by Gasteiger charge is -2.09. The van der Waals surface area contributed by atoms with Gasteiger partial charge in [-0.2, -0.15) is 5.10 Å². The number of carbonyl (C=O) groups is 1. The Kier molecular flexibility index (Phi) is 4.00. The Balaban J connectivity index is 1.43. The van der Waals surface area contributed by atoms with E-state index in [4.69, 9.17) is 9.47 Å². The molecule has 0 atom stereocenters. The number of aromatic nitrogens is 2. The van der Waals surface area contributed by atoms with E-state index in [9.17, 15) is 9.18 Å². The average molecular weight is 379 g/mol. The van der Waals surface area contributed by atoms with Gasteiger partial charge < -0.3 is 14.8 Å². The molecule has 0 spiro atoms. The van der Waals surface area contributed by atoms with E-state index in [-0.39, 0.29) is 24.9 Å². The van der Waals surface area contributed by atoms with E-state index in [0.29, 0.717) is 28.8 Å². The van der Waals surface area contributed by atoms with Crippen molar-refractivity contribution >= 4 is 11.6 Å².